The molecule has 10 rings (SSSR count). The van der Waals surface area contributed by atoms with Crippen molar-refractivity contribution in [3.8, 4) is 11.1 Å². The van der Waals surface area contributed by atoms with Crippen LogP contribution in [-0.2, 0) is 0 Å². The summed E-state index contributed by atoms with van der Waals surface area (Å²) < 4.78 is 12.2. The van der Waals surface area contributed by atoms with Gasteiger partial charge in [-0.1, -0.05) is 97.1 Å². The Morgan fingerprint density at radius 2 is 0.957 bits per heavy atom. The largest absolute Gasteiger partial charge is 0.438 e. The number of para-hydroxylation sites is 2. The number of benzene rings is 6. The Morgan fingerprint density at radius 3 is 1.62 bits per heavy atom. The predicted molar refractivity (Wildman–Crippen MR) is 192 cm³/mol. The van der Waals surface area contributed by atoms with Crippen molar-refractivity contribution in [2.75, 3.05) is 4.90 Å². The summed E-state index contributed by atoms with van der Waals surface area (Å²) >= 11 is 0. The minimum absolute atomic E-state index is 0.612. The van der Waals surface area contributed by atoms with E-state index in [1.165, 1.54) is 27.1 Å². The van der Waals surface area contributed by atoms with Gasteiger partial charge in [0, 0.05) is 16.5 Å². The number of furan rings is 2. The molecule has 0 spiro atoms. The highest BCUT2D eigenvalue weighted by molar-refractivity contribution is 6.14. The molecule has 0 bridgehead atoms. The van der Waals surface area contributed by atoms with Gasteiger partial charge in [0.25, 0.3) is 0 Å². The average molecular weight is 604 g/mol. The first-order valence-electron chi connectivity index (χ1n) is 15.6. The topological polar surface area (TPSA) is 55.3 Å². The molecule has 0 radical (unpaired) electrons. The molecule has 6 aromatic carbocycles. The summed E-state index contributed by atoms with van der Waals surface area (Å²) in [7, 11) is 0. The number of fused-ring (bicyclic) bond motifs is 9. The molecule has 0 aliphatic heterocycles. The lowest BCUT2D eigenvalue weighted by Crippen LogP contribution is -2.10. The Hall–Kier alpha value is -6.46. The van der Waals surface area contributed by atoms with Crippen LogP contribution in [0.25, 0.3) is 76.8 Å². The number of rotatable bonds is 4. The third-order valence-corrected chi connectivity index (χ3v) is 9.14. The van der Waals surface area contributed by atoms with Crippen LogP contribution in [0.5, 0.6) is 0 Å². The van der Waals surface area contributed by atoms with Crippen molar-refractivity contribution >= 4 is 82.7 Å². The monoisotopic (exact) mass is 603 g/mol. The van der Waals surface area contributed by atoms with E-state index in [2.05, 4.69) is 108 Å². The van der Waals surface area contributed by atoms with E-state index < -0.39 is 0 Å². The Bertz CT molecular complexity index is 2720. The van der Waals surface area contributed by atoms with E-state index in [1.807, 2.05) is 48.8 Å². The van der Waals surface area contributed by atoms with Crippen molar-refractivity contribution in [3.05, 3.63) is 152 Å². The molecule has 0 N–H and O–H groups in total. The first kappa shape index (κ1) is 25.8. The minimum Gasteiger partial charge on any atom is -0.438 e. The van der Waals surface area contributed by atoms with Gasteiger partial charge in [-0.3, -0.25) is 0 Å². The number of hydrogen-bond acceptors (Lipinski definition) is 5. The maximum Gasteiger partial charge on any atom is 0.227 e. The summed E-state index contributed by atoms with van der Waals surface area (Å²) in [6.45, 7) is 0. The molecule has 0 unspecified atom stereocenters. The van der Waals surface area contributed by atoms with E-state index in [0.29, 0.717) is 11.4 Å². The van der Waals surface area contributed by atoms with Crippen molar-refractivity contribution in [1.29, 1.82) is 0 Å². The molecule has 4 heterocycles. The minimum atomic E-state index is 0.612. The molecule has 0 fully saturated rings. The van der Waals surface area contributed by atoms with Crippen molar-refractivity contribution in [2.24, 2.45) is 0 Å². The molecule has 10 aromatic rings. The highest BCUT2D eigenvalue weighted by Crippen LogP contribution is 2.42. The van der Waals surface area contributed by atoms with Gasteiger partial charge in [-0.25, -0.2) is 9.97 Å². The molecular formula is C42H25N3O2. The smallest absolute Gasteiger partial charge is 0.227 e. The lowest BCUT2D eigenvalue weighted by atomic mass is 9.93. The second-order valence-electron chi connectivity index (χ2n) is 11.9. The molecule has 5 heteroatoms. The van der Waals surface area contributed by atoms with Crippen molar-refractivity contribution in [2.45, 2.75) is 0 Å². The van der Waals surface area contributed by atoms with Crippen molar-refractivity contribution in [1.82, 2.24) is 9.97 Å². The van der Waals surface area contributed by atoms with Crippen LogP contribution in [0.2, 0.25) is 0 Å². The molecule has 0 atom stereocenters. The standard InChI is InChI=1S/C42H25N3O2/c1-2-13-31-27(10-1)21-36(33-15-4-3-14-32(31)33)26-11-9-12-28(20-26)45(29-22-37-34-16-5-7-18-39(34)46-41(37)43-24-29)30-23-38-35-17-6-8-19-40(35)47-42(38)44-25-30/h1-25H. The second kappa shape index (κ2) is 10.0. The highest BCUT2D eigenvalue weighted by Gasteiger charge is 2.20. The lowest BCUT2D eigenvalue weighted by Gasteiger charge is -2.25. The molecule has 0 saturated heterocycles. The number of pyridine rings is 2. The third-order valence-electron chi connectivity index (χ3n) is 9.14. The Kier molecular flexibility index (Phi) is 5.51. The molecule has 4 aromatic heterocycles. The first-order chi connectivity index (χ1) is 23.3. The van der Waals surface area contributed by atoms with Crippen LogP contribution in [-0.4, -0.2) is 9.97 Å². The lowest BCUT2D eigenvalue weighted by molar-refractivity contribution is 0.654. The second-order valence-corrected chi connectivity index (χ2v) is 11.9. The van der Waals surface area contributed by atoms with E-state index >= 15 is 0 Å². The first-order valence-corrected chi connectivity index (χ1v) is 15.6. The SMILES string of the molecule is c1cc(-c2cc3ccccc3c3ccccc23)cc(N(c2cnc3oc4ccccc4c3c2)c2cnc3oc4ccccc4c3c2)c1. The third kappa shape index (κ3) is 4.03. The quantitative estimate of drug-likeness (QED) is 0.187. The fourth-order valence-corrected chi connectivity index (χ4v) is 6.99. The molecule has 220 valence electrons. The van der Waals surface area contributed by atoms with E-state index in [-0.39, 0.29) is 0 Å². The number of hydrogen-bond donors (Lipinski definition) is 0. The maximum absolute atomic E-state index is 6.09. The van der Waals surface area contributed by atoms with Crippen LogP contribution >= 0.6 is 0 Å². The molecule has 0 aliphatic carbocycles. The van der Waals surface area contributed by atoms with Crippen LogP contribution < -0.4 is 4.90 Å². The van der Waals surface area contributed by atoms with Crippen LogP contribution in [0.1, 0.15) is 0 Å². The molecule has 0 amide bonds. The summed E-state index contributed by atoms with van der Waals surface area (Å²) in [4.78, 5) is 11.8. The van der Waals surface area contributed by atoms with Gasteiger partial charge in [-0.05, 0) is 75.1 Å². The Balaban J connectivity index is 1.22. The van der Waals surface area contributed by atoms with Gasteiger partial charge in [0.15, 0.2) is 0 Å². The summed E-state index contributed by atoms with van der Waals surface area (Å²) in [6.07, 6.45) is 3.75. The van der Waals surface area contributed by atoms with Crippen LogP contribution in [0.3, 0.4) is 0 Å². The molecule has 0 aliphatic rings. The average Bonchev–Trinajstić information content (AvgIpc) is 3.69. The van der Waals surface area contributed by atoms with E-state index in [1.54, 1.807) is 0 Å². The zero-order chi connectivity index (χ0) is 30.9. The number of nitrogens with zero attached hydrogens (tertiary/aromatic N) is 3. The summed E-state index contributed by atoms with van der Waals surface area (Å²) in [6, 6.07) is 48.7. The Morgan fingerprint density at radius 1 is 0.404 bits per heavy atom. The number of anilines is 3. The van der Waals surface area contributed by atoms with Gasteiger partial charge in [-0.15, -0.1) is 0 Å². The van der Waals surface area contributed by atoms with E-state index in [4.69, 9.17) is 18.8 Å². The summed E-state index contributed by atoms with van der Waals surface area (Å²) in [5, 5.41) is 8.91. The van der Waals surface area contributed by atoms with Gasteiger partial charge in [0.1, 0.15) is 11.2 Å². The van der Waals surface area contributed by atoms with Gasteiger partial charge in [0.2, 0.25) is 11.4 Å². The van der Waals surface area contributed by atoms with Gasteiger partial charge < -0.3 is 13.7 Å². The Labute approximate surface area is 268 Å². The van der Waals surface area contributed by atoms with Crippen molar-refractivity contribution < 1.29 is 8.83 Å². The summed E-state index contributed by atoms with van der Waals surface area (Å²) in [5.41, 5.74) is 7.96. The number of aromatic nitrogens is 2. The van der Waals surface area contributed by atoms with Gasteiger partial charge >= 0.3 is 0 Å². The fourth-order valence-electron chi connectivity index (χ4n) is 6.99. The van der Waals surface area contributed by atoms with E-state index in [9.17, 15) is 0 Å². The maximum atomic E-state index is 6.09. The normalized spacial score (nSPS) is 11.8. The summed E-state index contributed by atoms with van der Waals surface area (Å²) in [5.74, 6) is 0. The van der Waals surface area contributed by atoms with Gasteiger partial charge in [0.05, 0.1) is 34.5 Å². The fraction of sp³-hybridized carbons (Fsp3) is 0. The van der Waals surface area contributed by atoms with Gasteiger partial charge in [-0.2, -0.15) is 0 Å². The van der Waals surface area contributed by atoms with Crippen LogP contribution in [0.15, 0.2) is 161 Å². The van der Waals surface area contributed by atoms with E-state index in [0.717, 1.165) is 55.3 Å². The van der Waals surface area contributed by atoms with Crippen molar-refractivity contribution in [3.63, 3.8) is 0 Å². The zero-order valence-electron chi connectivity index (χ0n) is 25.1. The molecule has 47 heavy (non-hydrogen) atoms. The predicted octanol–water partition coefficient (Wildman–Crippen LogP) is 11.7. The molecular weight excluding hydrogens is 578 g/mol. The van der Waals surface area contributed by atoms with Crippen LogP contribution in [0, 0.1) is 0 Å². The highest BCUT2D eigenvalue weighted by atomic mass is 16.3. The molecule has 0 saturated carbocycles. The molecule has 5 nitrogen and oxygen atoms in total. The van der Waals surface area contributed by atoms with Crippen LogP contribution in [0.4, 0.5) is 17.1 Å². The zero-order valence-corrected chi connectivity index (χ0v) is 25.1.